The van der Waals surface area contributed by atoms with Crippen molar-refractivity contribution in [2.24, 2.45) is 23.7 Å². The van der Waals surface area contributed by atoms with Gasteiger partial charge >= 0.3 is 18.0 Å². The molecule has 2 amide bonds. The minimum absolute atomic E-state index is 0.0213. The molecule has 0 radical (unpaired) electrons. The quantitative estimate of drug-likeness (QED) is 0.434. The number of amides is 2. The number of hydrogen-bond acceptors (Lipinski definition) is 3. The summed E-state index contributed by atoms with van der Waals surface area (Å²) in [5.41, 5.74) is 0. The van der Waals surface area contributed by atoms with Crippen LogP contribution in [0, 0.1) is 23.7 Å². The largest absolute Gasteiger partial charge is 0.481 e. The summed E-state index contributed by atoms with van der Waals surface area (Å²) in [7, 11) is 0. The molecular weight excluding hydrogens is 312 g/mol. The maximum absolute atomic E-state index is 11.9. The van der Waals surface area contributed by atoms with Crippen molar-refractivity contribution >= 4 is 18.0 Å². The van der Waals surface area contributed by atoms with Crippen LogP contribution in [0.5, 0.6) is 0 Å². The van der Waals surface area contributed by atoms with E-state index < -0.39 is 11.9 Å². The SMILES string of the molecule is CC(C)C[C@H](CNC(=O)NC[C@H](CC(=O)O)CC(C)C)CC(=O)O. The Morgan fingerprint density at radius 3 is 1.33 bits per heavy atom. The molecule has 0 aromatic heterocycles. The summed E-state index contributed by atoms with van der Waals surface area (Å²) in [6.07, 6.45) is 1.49. The van der Waals surface area contributed by atoms with Crippen LogP contribution in [0.4, 0.5) is 4.79 Å². The van der Waals surface area contributed by atoms with Gasteiger partial charge in [0.05, 0.1) is 0 Å². The second-order valence-corrected chi connectivity index (χ2v) is 7.28. The predicted octanol–water partition coefficient (Wildman–Crippen LogP) is 2.56. The number of nitrogens with one attached hydrogen (secondary N) is 2. The van der Waals surface area contributed by atoms with Crippen molar-refractivity contribution in [1.29, 1.82) is 0 Å². The number of urea groups is 1. The molecule has 0 aliphatic carbocycles. The smallest absolute Gasteiger partial charge is 0.314 e. The highest BCUT2D eigenvalue weighted by molar-refractivity contribution is 5.74. The molecule has 0 spiro atoms. The van der Waals surface area contributed by atoms with E-state index in [1.54, 1.807) is 0 Å². The first-order valence-electron chi connectivity index (χ1n) is 8.55. The molecule has 0 saturated carbocycles. The van der Waals surface area contributed by atoms with E-state index >= 15 is 0 Å². The highest BCUT2D eigenvalue weighted by Gasteiger charge is 2.18. The van der Waals surface area contributed by atoms with E-state index in [-0.39, 0.29) is 30.7 Å². The van der Waals surface area contributed by atoms with Gasteiger partial charge in [0.15, 0.2) is 0 Å². The fraction of sp³-hybridized carbons (Fsp3) is 0.824. The molecule has 7 heteroatoms. The molecule has 24 heavy (non-hydrogen) atoms. The maximum atomic E-state index is 11.9. The third kappa shape index (κ3) is 12.7. The minimum Gasteiger partial charge on any atom is -0.481 e. The summed E-state index contributed by atoms with van der Waals surface area (Å²) in [6.45, 7) is 8.64. The van der Waals surface area contributed by atoms with Gasteiger partial charge in [0.1, 0.15) is 0 Å². The molecule has 0 rings (SSSR count). The molecule has 0 saturated heterocycles. The summed E-state index contributed by atoms with van der Waals surface area (Å²) in [5, 5.41) is 23.2. The molecule has 0 heterocycles. The van der Waals surface area contributed by atoms with Gasteiger partial charge in [-0.25, -0.2) is 4.79 Å². The monoisotopic (exact) mass is 344 g/mol. The molecular formula is C17H32N2O5. The maximum Gasteiger partial charge on any atom is 0.314 e. The number of carboxylic acids is 2. The first-order chi connectivity index (χ1) is 11.1. The normalized spacial score (nSPS) is 13.6. The molecule has 0 aromatic carbocycles. The first kappa shape index (κ1) is 22.2. The Balaban J connectivity index is 4.32. The van der Waals surface area contributed by atoms with Gasteiger partial charge in [-0.15, -0.1) is 0 Å². The van der Waals surface area contributed by atoms with Crippen LogP contribution in [0.25, 0.3) is 0 Å². The third-order valence-corrected chi connectivity index (χ3v) is 3.64. The number of aliphatic carboxylic acids is 2. The van der Waals surface area contributed by atoms with Crippen LogP contribution in [-0.2, 0) is 9.59 Å². The number of hydrogen-bond donors (Lipinski definition) is 4. The number of carbonyl (C=O) groups is 3. The summed E-state index contributed by atoms with van der Waals surface area (Å²) < 4.78 is 0. The molecule has 0 aliphatic rings. The van der Waals surface area contributed by atoms with Crippen LogP contribution in [0.1, 0.15) is 53.4 Å². The van der Waals surface area contributed by atoms with Gasteiger partial charge in [0, 0.05) is 25.9 Å². The number of carbonyl (C=O) groups excluding carboxylic acids is 1. The second kappa shape index (κ2) is 11.7. The summed E-state index contributed by atoms with van der Waals surface area (Å²) >= 11 is 0. The van der Waals surface area contributed by atoms with Crippen molar-refractivity contribution in [3.8, 4) is 0 Å². The minimum atomic E-state index is -0.874. The predicted molar refractivity (Wildman–Crippen MR) is 91.8 cm³/mol. The zero-order valence-corrected chi connectivity index (χ0v) is 15.2. The van der Waals surface area contributed by atoms with Gasteiger partial charge < -0.3 is 20.8 Å². The fourth-order valence-corrected chi connectivity index (χ4v) is 2.84. The molecule has 0 fully saturated rings. The van der Waals surface area contributed by atoms with Crippen molar-refractivity contribution in [2.75, 3.05) is 13.1 Å². The highest BCUT2D eigenvalue weighted by Crippen LogP contribution is 2.16. The van der Waals surface area contributed by atoms with Crippen molar-refractivity contribution in [3.05, 3.63) is 0 Å². The van der Waals surface area contributed by atoms with Gasteiger partial charge in [0.2, 0.25) is 0 Å². The van der Waals surface area contributed by atoms with Crippen LogP contribution in [0.2, 0.25) is 0 Å². The lowest BCUT2D eigenvalue weighted by molar-refractivity contribution is -0.139. The zero-order chi connectivity index (χ0) is 18.7. The van der Waals surface area contributed by atoms with Crippen LogP contribution < -0.4 is 10.6 Å². The molecule has 7 nitrogen and oxygen atoms in total. The van der Waals surface area contributed by atoms with E-state index in [1.807, 2.05) is 27.7 Å². The third-order valence-electron chi connectivity index (χ3n) is 3.64. The highest BCUT2D eigenvalue weighted by atomic mass is 16.4. The van der Waals surface area contributed by atoms with Crippen LogP contribution in [0.15, 0.2) is 0 Å². The Hall–Kier alpha value is -1.79. The lowest BCUT2D eigenvalue weighted by Crippen LogP contribution is -2.41. The van der Waals surface area contributed by atoms with Gasteiger partial charge in [-0.1, -0.05) is 27.7 Å². The van der Waals surface area contributed by atoms with E-state index in [0.717, 1.165) is 12.8 Å². The average Bonchev–Trinajstić information content (AvgIpc) is 2.39. The summed E-state index contributed by atoms with van der Waals surface area (Å²) in [4.78, 5) is 33.6. The van der Waals surface area contributed by atoms with Gasteiger partial charge in [-0.3, -0.25) is 9.59 Å². The van der Waals surface area contributed by atoms with Crippen molar-refractivity contribution < 1.29 is 24.6 Å². The molecule has 0 bridgehead atoms. The Labute approximate surface area is 144 Å². The number of carboxylic acid groups (broad SMARTS) is 2. The van der Waals surface area contributed by atoms with Crippen LogP contribution >= 0.6 is 0 Å². The molecule has 0 aliphatic heterocycles. The van der Waals surface area contributed by atoms with Gasteiger partial charge in [-0.05, 0) is 36.5 Å². The van der Waals surface area contributed by atoms with Gasteiger partial charge in [-0.2, -0.15) is 0 Å². The number of rotatable bonds is 12. The Bertz CT molecular complexity index is 374. The van der Waals surface area contributed by atoms with Crippen molar-refractivity contribution in [3.63, 3.8) is 0 Å². The summed E-state index contributed by atoms with van der Waals surface area (Å²) in [6, 6.07) is -0.381. The second-order valence-electron chi connectivity index (χ2n) is 7.28. The average molecular weight is 344 g/mol. The van der Waals surface area contributed by atoms with Crippen LogP contribution in [0.3, 0.4) is 0 Å². The molecule has 4 N–H and O–H groups in total. The topological polar surface area (TPSA) is 116 Å². The molecule has 2 atom stereocenters. The van der Waals surface area contributed by atoms with E-state index in [4.69, 9.17) is 10.2 Å². The van der Waals surface area contributed by atoms with Crippen LogP contribution in [-0.4, -0.2) is 41.3 Å². The lowest BCUT2D eigenvalue weighted by Gasteiger charge is -2.20. The standard InChI is InChI=1S/C17H32N2O5/c1-11(2)5-13(7-15(20)21)9-18-17(24)19-10-14(6-12(3)4)8-16(22)23/h11-14H,5-10H2,1-4H3,(H,20,21)(H,22,23)(H2,18,19,24)/t13-,14-/m0/s1. The van der Waals surface area contributed by atoms with E-state index in [9.17, 15) is 14.4 Å². The molecule has 0 unspecified atom stereocenters. The molecule has 0 aromatic rings. The first-order valence-corrected chi connectivity index (χ1v) is 8.55. The van der Waals surface area contributed by atoms with Crippen molar-refractivity contribution in [2.45, 2.75) is 53.4 Å². The molecule has 140 valence electrons. The van der Waals surface area contributed by atoms with Gasteiger partial charge in [0.25, 0.3) is 0 Å². The summed E-state index contributed by atoms with van der Waals surface area (Å²) in [5.74, 6) is -1.27. The Morgan fingerprint density at radius 2 is 1.08 bits per heavy atom. The van der Waals surface area contributed by atoms with Crippen molar-refractivity contribution in [1.82, 2.24) is 10.6 Å². The van der Waals surface area contributed by atoms with E-state index in [1.165, 1.54) is 0 Å². The Morgan fingerprint density at radius 1 is 0.750 bits per heavy atom. The van der Waals surface area contributed by atoms with E-state index in [2.05, 4.69) is 10.6 Å². The Kier molecular flexibility index (Phi) is 10.8. The fourth-order valence-electron chi connectivity index (χ4n) is 2.84. The lowest BCUT2D eigenvalue weighted by atomic mass is 9.94. The van der Waals surface area contributed by atoms with E-state index in [0.29, 0.717) is 24.9 Å². The zero-order valence-electron chi connectivity index (χ0n) is 15.2.